The van der Waals surface area contributed by atoms with Crippen molar-refractivity contribution in [3.8, 4) is 0 Å². The number of carbonyl (C=O) groups excluding carboxylic acids is 1. The van der Waals surface area contributed by atoms with Crippen LogP contribution in [0.25, 0.3) is 10.9 Å². The molecule has 1 aromatic carbocycles. The molecule has 21 heavy (non-hydrogen) atoms. The van der Waals surface area contributed by atoms with Gasteiger partial charge in [0.15, 0.2) is 0 Å². The van der Waals surface area contributed by atoms with Crippen LogP contribution in [0.3, 0.4) is 0 Å². The van der Waals surface area contributed by atoms with E-state index in [-0.39, 0.29) is 24.2 Å². The van der Waals surface area contributed by atoms with Gasteiger partial charge in [0.1, 0.15) is 5.82 Å². The molecule has 0 radical (unpaired) electrons. The number of halogens is 1. The van der Waals surface area contributed by atoms with Crippen molar-refractivity contribution in [1.82, 2.24) is 10.3 Å². The van der Waals surface area contributed by atoms with Gasteiger partial charge in [-0.05, 0) is 31.0 Å². The Hall–Kier alpha value is -2.01. The SMILES string of the molecule is Cc1cc(C(=O)NCC(O)C(C)C)c2ccc(F)cc2n1. The summed E-state index contributed by atoms with van der Waals surface area (Å²) in [7, 11) is 0. The number of hydrogen-bond acceptors (Lipinski definition) is 3. The third-order valence-corrected chi connectivity index (χ3v) is 3.39. The lowest BCUT2D eigenvalue weighted by Gasteiger charge is -2.15. The molecule has 2 aromatic rings. The maximum absolute atomic E-state index is 13.3. The van der Waals surface area contributed by atoms with E-state index in [1.165, 1.54) is 12.1 Å². The number of pyridine rings is 1. The molecule has 0 aliphatic carbocycles. The predicted octanol–water partition coefficient (Wildman–Crippen LogP) is 2.43. The van der Waals surface area contributed by atoms with Crippen molar-refractivity contribution in [2.75, 3.05) is 6.54 Å². The highest BCUT2D eigenvalue weighted by molar-refractivity contribution is 6.06. The highest BCUT2D eigenvalue weighted by Crippen LogP contribution is 2.19. The standard InChI is InChI=1S/C16H19FN2O2/c1-9(2)15(20)8-18-16(21)13-6-10(3)19-14-7-11(17)4-5-12(13)14/h4-7,9,15,20H,8H2,1-3H3,(H,18,21). The Morgan fingerprint density at radius 3 is 2.76 bits per heavy atom. The molecule has 5 heteroatoms. The van der Waals surface area contributed by atoms with Crippen molar-refractivity contribution >= 4 is 16.8 Å². The summed E-state index contributed by atoms with van der Waals surface area (Å²) < 4.78 is 13.3. The number of rotatable bonds is 4. The first-order chi connectivity index (χ1) is 9.88. The number of aromatic nitrogens is 1. The van der Waals surface area contributed by atoms with Crippen LogP contribution in [0, 0.1) is 18.7 Å². The van der Waals surface area contributed by atoms with Crippen LogP contribution in [-0.4, -0.2) is 28.6 Å². The largest absolute Gasteiger partial charge is 0.391 e. The first kappa shape index (κ1) is 15.4. The molecular formula is C16H19FN2O2. The topological polar surface area (TPSA) is 62.2 Å². The fourth-order valence-electron chi connectivity index (χ4n) is 2.05. The minimum absolute atomic E-state index is 0.0651. The van der Waals surface area contributed by atoms with Crippen LogP contribution < -0.4 is 5.32 Å². The average molecular weight is 290 g/mol. The third-order valence-electron chi connectivity index (χ3n) is 3.39. The fourth-order valence-corrected chi connectivity index (χ4v) is 2.05. The number of nitrogens with zero attached hydrogens (tertiary/aromatic N) is 1. The monoisotopic (exact) mass is 290 g/mol. The molecule has 2 rings (SSSR count). The zero-order valence-electron chi connectivity index (χ0n) is 12.4. The normalized spacial score (nSPS) is 12.7. The van der Waals surface area contributed by atoms with Gasteiger partial charge in [0.2, 0.25) is 0 Å². The second kappa shape index (κ2) is 6.18. The number of aliphatic hydroxyl groups is 1. The van der Waals surface area contributed by atoms with Crippen molar-refractivity contribution < 1.29 is 14.3 Å². The van der Waals surface area contributed by atoms with Gasteiger partial charge in [-0.3, -0.25) is 9.78 Å². The molecule has 1 unspecified atom stereocenters. The lowest BCUT2D eigenvalue weighted by molar-refractivity contribution is 0.0873. The maximum Gasteiger partial charge on any atom is 0.252 e. The zero-order chi connectivity index (χ0) is 15.6. The van der Waals surface area contributed by atoms with Crippen molar-refractivity contribution in [2.45, 2.75) is 26.9 Å². The number of fused-ring (bicyclic) bond motifs is 1. The van der Waals surface area contributed by atoms with E-state index in [0.717, 1.165) is 0 Å². The molecule has 0 aliphatic rings. The van der Waals surface area contributed by atoms with E-state index in [4.69, 9.17) is 0 Å². The molecule has 1 atom stereocenters. The van der Waals surface area contributed by atoms with Gasteiger partial charge in [0.25, 0.3) is 5.91 Å². The molecular weight excluding hydrogens is 271 g/mol. The van der Waals surface area contributed by atoms with Gasteiger partial charge < -0.3 is 10.4 Å². The number of amides is 1. The molecule has 0 saturated carbocycles. The molecule has 112 valence electrons. The van der Waals surface area contributed by atoms with Gasteiger partial charge >= 0.3 is 0 Å². The van der Waals surface area contributed by atoms with Crippen molar-refractivity contribution in [2.24, 2.45) is 5.92 Å². The van der Waals surface area contributed by atoms with E-state index in [2.05, 4.69) is 10.3 Å². The number of nitrogens with one attached hydrogen (secondary N) is 1. The van der Waals surface area contributed by atoms with Crippen LogP contribution in [0.4, 0.5) is 4.39 Å². The molecule has 0 spiro atoms. The van der Waals surface area contributed by atoms with Crippen molar-refractivity contribution in [3.63, 3.8) is 0 Å². The Bertz CT molecular complexity index is 665. The van der Waals surface area contributed by atoms with Crippen LogP contribution in [0.2, 0.25) is 0 Å². The average Bonchev–Trinajstić information content (AvgIpc) is 2.42. The van der Waals surface area contributed by atoms with Gasteiger partial charge in [-0.1, -0.05) is 13.8 Å². The van der Waals surface area contributed by atoms with Crippen LogP contribution in [0.5, 0.6) is 0 Å². The number of benzene rings is 1. The lowest BCUT2D eigenvalue weighted by atomic mass is 10.1. The van der Waals surface area contributed by atoms with Gasteiger partial charge in [0, 0.05) is 23.7 Å². The molecule has 1 amide bonds. The zero-order valence-corrected chi connectivity index (χ0v) is 12.4. The van der Waals surface area contributed by atoms with E-state index in [1.54, 1.807) is 19.1 Å². The summed E-state index contributed by atoms with van der Waals surface area (Å²) in [6.45, 7) is 5.70. The quantitative estimate of drug-likeness (QED) is 0.909. The van der Waals surface area contributed by atoms with E-state index >= 15 is 0 Å². The van der Waals surface area contributed by atoms with Crippen LogP contribution in [0.15, 0.2) is 24.3 Å². The van der Waals surface area contributed by atoms with E-state index < -0.39 is 6.10 Å². The first-order valence-corrected chi connectivity index (χ1v) is 6.91. The number of hydrogen-bond donors (Lipinski definition) is 2. The summed E-state index contributed by atoms with van der Waals surface area (Å²) in [5.41, 5.74) is 1.53. The van der Waals surface area contributed by atoms with Gasteiger partial charge in [-0.2, -0.15) is 0 Å². The molecule has 0 fully saturated rings. The van der Waals surface area contributed by atoms with Crippen LogP contribution in [0.1, 0.15) is 29.9 Å². The lowest BCUT2D eigenvalue weighted by Crippen LogP contribution is -2.34. The molecule has 0 aliphatic heterocycles. The second-order valence-corrected chi connectivity index (χ2v) is 5.49. The minimum atomic E-state index is -0.597. The second-order valence-electron chi connectivity index (χ2n) is 5.49. The molecule has 2 N–H and O–H groups in total. The Morgan fingerprint density at radius 2 is 2.10 bits per heavy atom. The Kier molecular flexibility index (Phi) is 4.53. The fraction of sp³-hybridized carbons (Fsp3) is 0.375. The molecule has 4 nitrogen and oxygen atoms in total. The predicted molar refractivity (Wildman–Crippen MR) is 79.6 cm³/mol. The Labute approximate surface area is 123 Å². The van der Waals surface area contributed by atoms with Gasteiger partial charge in [-0.15, -0.1) is 0 Å². The summed E-state index contributed by atoms with van der Waals surface area (Å²) in [4.78, 5) is 16.5. The molecule has 1 heterocycles. The smallest absolute Gasteiger partial charge is 0.252 e. The molecule has 0 bridgehead atoms. The first-order valence-electron chi connectivity index (χ1n) is 6.91. The number of carbonyl (C=O) groups is 1. The van der Waals surface area contributed by atoms with Crippen molar-refractivity contribution in [1.29, 1.82) is 0 Å². The van der Waals surface area contributed by atoms with E-state index in [0.29, 0.717) is 22.2 Å². The number of aliphatic hydroxyl groups excluding tert-OH is 1. The van der Waals surface area contributed by atoms with Crippen LogP contribution in [-0.2, 0) is 0 Å². The van der Waals surface area contributed by atoms with Gasteiger partial charge in [-0.25, -0.2) is 4.39 Å². The highest BCUT2D eigenvalue weighted by atomic mass is 19.1. The van der Waals surface area contributed by atoms with Crippen molar-refractivity contribution in [3.05, 3.63) is 41.3 Å². The third kappa shape index (κ3) is 3.55. The summed E-state index contributed by atoms with van der Waals surface area (Å²) in [5.74, 6) is -0.616. The highest BCUT2D eigenvalue weighted by Gasteiger charge is 2.15. The van der Waals surface area contributed by atoms with Crippen LogP contribution >= 0.6 is 0 Å². The summed E-state index contributed by atoms with van der Waals surface area (Å²) in [5, 5.41) is 13.0. The summed E-state index contributed by atoms with van der Waals surface area (Å²) in [6, 6.07) is 5.82. The van der Waals surface area contributed by atoms with E-state index in [1.807, 2.05) is 13.8 Å². The Balaban J connectivity index is 2.30. The summed E-state index contributed by atoms with van der Waals surface area (Å²) >= 11 is 0. The Morgan fingerprint density at radius 1 is 1.38 bits per heavy atom. The molecule has 1 aromatic heterocycles. The minimum Gasteiger partial charge on any atom is -0.391 e. The summed E-state index contributed by atoms with van der Waals surface area (Å²) in [6.07, 6.45) is -0.597. The maximum atomic E-state index is 13.3. The number of aryl methyl sites for hydroxylation is 1. The molecule has 0 saturated heterocycles. The van der Waals surface area contributed by atoms with Gasteiger partial charge in [0.05, 0.1) is 17.2 Å². The van der Waals surface area contributed by atoms with E-state index in [9.17, 15) is 14.3 Å².